The van der Waals surface area contributed by atoms with E-state index in [1.54, 1.807) is 24.3 Å². The van der Waals surface area contributed by atoms with E-state index in [0.29, 0.717) is 35.2 Å². The Morgan fingerprint density at radius 1 is 1.00 bits per heavy atom. The van der Waals surface area contributed by atoms with E-state index >= 15 is 0 Å². The minimum atomic E-state index is -0.713. The third-order valence-corrected chi connectivity index (χ3v) is 5.57. The van der Waals surface area contributed by atoms with Crippen molar-refractivity contribution in [2.75, 3.05) is 17.7 Å². The average Bonchev–Trinajstić information content (AvgIpc) is 2.91. The molecule has 8 nitrogen and oxygen atoms in total. The van der Waals surface area contributed by atoms with Crippen LogP contribution in [0.1, 0.15) is 18.4 Å². The Hall–Kier alpha value is -4.86. The Morgan fingerprint density at radius 3 is 2.50 bits per heavy atom. The number of halogens is 2. The third kappa shape index (κ3) is 6.47. The van der Waals surface area contributed by atoms with E-state index in [1.165, 1.54) is 37.7 Å². The molecule has 0 fully saturated rings. The van der Waals surface area contributed by atoms with Gasteiger partial charge >= 0.3 is 0 Å². The minimum absolute atomic E-state index is 0.0585. The molecule has 0 radical (unpaired) electrons. The molecule has 0 saturated heterocycles. The lowest BCUT2D eigenvalue weighted by atomic mass is 10.1. The lowest BCUT2D eigenvalue weighted by molar-refractivity contribution is -0.116. The highest BCUT2D eigenvalue weighted by Crippen LogP contribution is 2.35. The van der Waals surface area contributed by atoms with E-state index < -0.39 is 11.7 Å². The van der Waals surface area contributed by atoms with Crippen molar-refractivity contribution < 1.29 is 27.8 Å². The van der Waals surface area contributed by atoms with Gasteiger partial charge in [-0.3, -0.25) is 9.59 Å². The molecule has 0 bridgehead atoms. The van der Waals surface area contributed by atoms with Gasteiger partial charge in [0, 0.05) is 24.2 Å². The molecule has 1 heterocycles. The van der Waals surface area contributed by atoms with Crippen LogP contribution in [0.4, 0.5) is 20.2 Å². The van der Waals surface area contributed by atoms with Crippen molar-refractivity contribution in [3.63, 3.8) is 0 Å². The van der Waals surface area contributed by atoms with E-state index in [2.05, 4.69) is 27.2 Å². The molecule has 0 atom stereocenters. The van der Waals surface area contributed by atoms with Crippen LogP contribution in [-0.4, -0.2) is 28.9 Å². The summed E-state index contributed by atoms with van der Waals surface area (Å²) in [4.78, 5) is 32.4. The molecule has 0 saturated carbocycles. The zero-order valence-corrected chi connectivity index (χ0v) is 20.5. The molecule has 10 heteroatoms. The van der Waals surface area contributed by atoms with Gasteiger partial charge in [0.1, 0.15) is 17.9 Å². The van der Waals surface area contributed by atoms with E-state index in [9.17, 15) is 18.4 Å². The summed E-state index contributed by atoms with van der Waals surface area (Å²) in [6, 6.07) is 13.3. The van der Waals surface area contributed by atoms with Crippen molar-refractivity contribution in [3.8, 4) is 17.4 Å². The predicted octanol–water partition coefficient (Wildman–Crippen LogP) is 5.79. The number of benzene rings is 3. The van der Waals surface area contributed by atoms with Crippen molar-refractivity contribution in [1.82, 2.24) is 9.97 Å². The van der Waals surface area contributed by atoms with Crippen LogP contribution in [0.3, 0.4) is 0 Å². The van der Waals surface area contributed by atoms with Gasteiger partial charge in [-0.25, -0.2) is 18.7 Å². The molecule has 3 aromatic carbocycles. The molecular weight excluding hydrogens is 494 g/mol. The third-order valence-electron chi connectivity index (χ3n) is 5.57. The fraction of sp³-hybridized carbons (Fsp3) is 0.143. The normalized spacial score (nSPS) is 10.6. The Bertz CT molecular complexity index is 1490. The summed E-state index contributed by atoms with van der Waals surface area (Å²) in [5, 5.41) is 5.70. The minimum Gasteiger partial charge on any atom is -0.494 e. The lowest BCUT2D eigenvalue weighted by Gasteiger charge is -2.13. The van der Waals surface area contributed by atoms with E-state index in [4.69, 9.17) is 9.47 Å². The Kier molecular flexibility index (Phi) is 8.22. The first-order valence-electron chi connectivity index (χ1n) is 11.6. The molecular formula is C28H24F2N4O4. The average molecular weight is 519 g/mol. The maximum absolute atomic E-state index is 14.9. The summed E-state index contributed by atoms with van der Waals surface area (Å²) in [6.07, 6.45) is 3.77. The van der Waals surface area contributed by atoms with Gasteiger partial charge in [-0.15, -0.1) is 0 Å². The molecule has 38 heavy (non-hydrogen) atoms. The summed E-state index contributed by atoms with van der Waals surface area (Å²) < 4.78 is 38.9. The smallest absolute Gasteiger partial charge is 0.247 e. The quantitative estimate of drug-likeness (QED) is 0.258. The molecule has 4 aromatic rings. The fourth-order valence-electron chi connectivity index (χ4n) is 3.69. The van der Waals surface area contributed by atoms with Gasteiger partial charge in [-0.1, -0.05) is 18.7 Å². The van der Waals surface area contributed by atoms with E-state index in [0.717, 1.165) is 17.7 Å². The molecule has 0 aliphatic rings. The number of nitrogens with one attached hydrogen (secondary N) is 2. The number of ether oxygens (including phenoxy) is 2. The molecule has 0 aliphatic heterocycles. The van der Waals surface area contributed by atoms with Gasteiger partial charge in [0.15, 0.2) is 11.6 Å². The summed E-state index contributed by atoms with van der Waals surface area (Å²) in [6.45, 7) is 3.43. The summed E-state index contributed by atoms with van der Waals surface area (Å²) in [5.74, 6) is -1.44. The number of hydrogen-bond donors (Lipinski definition) is 2. The summed E-state index contributed by atoms with van der Waals surface area (Å²) >= 11 is 0. The van der Waals surface area contributed by atoms with Gasteiger partial charge in [-0.2, -0.15) is 0 Å². The number of amides is 2. The highest BCUT2D eigenvalue weighted by atomic mass is 19.1. The number of anilines is 2. The van der Waals surface area contributed by atoms with Crippen LogP contribution in [0.5, 0.6) is 17.4 Å². The SMILES string of the molecule is C=CC(=O)Nc1cc2c(Oc3ccc(NC(=O)CCCc4ccc(F)cc4)cc3F)ncnc2cc1OC. The first-order chi connectivity index (χ1) is 18.4. The second-order valence-electron chi connectivity index (χ2n) is 8.22. The molecule has 2 N–H and O–H groups in total. The van der Waals surface area contributed by atoms with Crippen LogP contribution in [0, 0.1) is 11.6 Å². The highest BCUT2D eigenvalue weighted by Gasteiger charge is 2.15. The number of methoxy groups -OCH3 is 1. The van der Waals surface area contributed by atoms with E-state index in [-0.39, 0.29) is 35.5 Å². The second-order valence-corrected chi connectivity index (χ2v) is 8.22. The van der Waals surface area contributed by atoms with Crippen molar-refractivity contribution in [1.29, 1.82) is 0 Å². The number of hydrogen-bond acceptors (Lipinski definition) is 6. The van der Waals surface area contributed by atoms with Crippen LogP contribution >= 0.6 is 0 Å². The van der Waals surface area contributed by atoms with Crippen molar-refractivity contribution >= 4 is 34.1 Å². The number of rotatable bonds is 10. The van der Waals surface area contributed by atoms with Crippen LogP contribution < -0.4 is 20.1 Å². The lowest BCUT2D eigenvalue weighted by Crippen LogP contribution is -2.11. The van der Waals surface area contributed by atoms with Gasteiger partial charge in [-0.05, 0) is 54.8 Å². The van der Waals surface area contributed by atoms with Crippen LogP contribution in [0.25, 0.3) is 10.9 Å². The van der Waals surface area contributed by atoms with Gasteiger partial charge in [0.25, 0.3) is 0 Å². The van der Waals surface area contributed by atoms with E-state index in [1.807, 2.05) is 0 Å². The zero-order chi connectivity index (χ0) is 27.1. The summed E-state index contributed by atoms with van der Waals surface area (Å²) in [5.41, 5.74) is 1.99. The monoisotopic (exact) mass is 518 g/mol. The maximum atomic E-state index is 14.9. The number of aromatic nitrogens is 2. The first kappa shape index (κ1) is 26.2. The van der Waals surface area contributed by atoms with Gasteiger partial charge in [0.05, 0.1) is 23.7 Å². The zero-order valence-electron chi connectivity index (χ0n) is 20.5. The van der Waals surface area contributed by atoms with Crippen molar-refractivity contribution in [3.05, 3.63) is 90.8 Å². The van der Waals surface area contributed by atoms with Crippen molar-refractivity contribution in [2.45, 2.75) is 19.3 Å². The molecule has 194 valence electrons. The maximum Gasteiger partial charge on any atom is 0.247 e. The number of aryl methyl sites for hydroxylation is 1. The standard InChI is InChI=1S/C28H24F2N4O4/c1-3-26(35)34-23-14-20-22(15-25(23)37-2)31-16-32-28(20)38-24-12-11-19(13-21(24)30)33-27(36)6-4-5-17-7-9-18(29)10-8-17/h3,7-16H,1,4-6H2,2H3,(H,33,36)(H,34,35). The molecule has 0 unspecified atom stereocenters. The van der Waals surface area contributed by atoms with Gasteiger partial charge < -0.3 is 20.1 Å². The molecule has 0 spiro atoms. The second kappa shape index (κ2) is 11.9. The molecule has 2 amide bonds. The van der Waals surface area contributed by atoms with Crippen molar-refractivity contribution in [2.24, 2.45) is 0 Å². The Morgan fingerprint density at radius 2 is 1.79 bits per heavy atom. The number of fused-ring (bicyclic) bond motifs is 1. The molecule has 0 aliphatic carbocycles. The topological polar surface area (TPSA) is 102 Å². The molecule has 1 aromatic heterocycles. The van der Waals surface area contributed by atoms with Crippen LogP contribution in [0.2, 0.25) is 0 Å². The van der Waals surface area contributed by atoms with Crippen LogP contribution in [-0.2, 0) is 16.0 Å². The Balaban J connectivity index is 1.44. The fourth-order valence-corrected chi connectivity index (χ4v) is 3.69. The number of nitrogens with zero attached hydrogens (tertiary/aromatic N) is 2. The highest BCUT2D eigenvalue weighted by molar-refractivity contribution is 6.02. The summed E-state index contributed by atoms with van der Waals surface area (Å²) in [7, 11) is 1.45. The Labute approximate surface area is 217 Å². The first-order valence-corrected chi connectivity index (χ1v) is 11.6. The van der Waals surface area contributed by atoms with Gasteiger partial charge in [0.2, 0.25) is 17.7 Å². The van der Waals surface area contributed by atoms with Crippen LogP contribution in [0.15, 0.2) is 73.6 Å². The number of carbonyl (C=O) groups excluding carboxylic acids is 2. The molecule has 4 rings (SSSR count). The predicted molar refractivity (Wildman–Crippen MR) is 139 cm³/mol. The largest absolute Gasteiger partial charge is 0.494 e. The number of carbonyl (C=O) groups is 2.